The maximum Gasteiger partial charge on any atom is 0.133 e. The first-order chi connectivity index (χ1) is 9.90. The van der Waals surface area contributed by atoms with E-state index in [0.29, 0.717) is 13.0 Å². The van der Waals surface area contributed by atoms with E-state index in [9.17, 15) is 5.11 Å². The molecule has 0 fully saturated rings. The van der Waals surface area contributed by atoms with Gasteiger partial charge < -0.3 is 20.3 Å². The van der Waals surface area contributed by atoms with Gasteiger partial charge in [0.05, 0.1) is 4.47 Å². The lowest BCUT2D eigenvalue weighted by atomic mass is 9.95. The van der Waals surface area contributed by atoms with E-state index in [1.165, 1.54) is 0 Å². The van der Waals surface area contributed by atoms with Crippen LogP contribution in [-0.2, 0) is 0 Å². The van der Waals surface area contributed by atoms with Crippen LogP contribution in [0.25, 0.3) is 0 Å². The normalized spacial score (nSPS) is 15.5. The summed E-state index contributed by atoms with van der Waals surface area (Å²) in [7, 11) is 0. The average molecular weight is 360 g/mol. The molecular weight excluding hydrogens is 334 g/mol. The van der Waals surface area contributed by atoms with E-state index in [1.54, 1.807) is 0 Å². The fraction of sp³-hybridized carbons (Fsp3) is 0.625. The Kier molecular flexibility index (Phi) is 7.66. The second kappa shape index (κ2) is 8.73. The van der Waals surface area contributed by atoms with Gasteiger partial charge in [-0.15, -0.1) is 0 Å². The van der Waals surface area contributed by atoms with Crippen molar-refractivity contribution >= 4 is 15.9 Å². The number of β-amino-alcohol motifs (C(OH)–C–C–N with tert-alkyl or cyclic N) is 1. The Bertz CT molecular complexity index is 442. The van der Waals surface area contributed by atoms with Crippen molar-refractivity contribution in [2.75, 3.05) is 19.8 Å². The van der Waals surface area contributed by atoms with E-state index < -0.39 is 6.10 Å². The third kappa shape index (κ3) is 6.34. The fourth-order valence-electron chi connectivity index (χ4n) is 1.97. The van der Waals surface area contributed by atoms with Gasteiger partial charge in [-0.3, -0.25) is 0 Å². The number of hydrogen-bond acceptors (Lipinski definition) is 4. The molecule has 1 aromatic rings. The van der Waals surface area contributed by atoms with E-state index in [2.05, 4.69) is 28.2 Å². The Morgan fingerprint density at radius 2 is 2.14 bits per heavy atom. The van der Waals surface area contributed by atoms with E-state index >= 15 is 0 Å². The van der Waals surface area contributed by atoms with E-state index in [4.69, 9.17) is 9.84 Å². The van der Waals surface area contributed by atoms with Crippen molar-refractivity contribution < 1.29 is 14.9 Å². The van der Waals surface area contributed by atoms with Gasteiger partial charge in [-0.1, -0.05) is 13.0 Å². The van der Waals surface area contributed by atoms with Crippen molar-refractivity contribution in [3.8, 4) is 5.75 Å². The van der Waals surface area contributed by atoms with Crippen molar-refractivity contribution in [2.24, 2.45) is 0 Å². The lowest BCUT2D eigenvalue weighted by Gasteiger charge is -2.30. The predicted octanol–water partition coefficient (Wildman–Crippen LogP) is 2.64. The van der Waals surface area contributed by atoms with Crippen LogP contribution in [0.1, 0.15) is 32.3 Å². The Morgan fingerprint density at radius 3 is 2.71 bits per heavy atom. The van der Waals surface area contributed by atoms with E-state index in [1.807, 2.05) is 32.0 Å². The smallest absolute Gasteiger partial charge is 0.133 e. The molecule has 0 heterocycles. The number of aryl methyl sites for hydroxylation is 1. The molecule has 21 heavy (non-hydrogen) atoms. The first-order valence-corrected chi connectivity index (χ1v) is 8.12. The molecule has 120 valence electrons. The second-order valence-corrected chi connectivity index (χ2v) is 6.52. The number of ether oxygens (including phenoxy) is 1. The molecule has 0 saturated carbocycles. The molecule has 0 aliphatic heterocycles. The first kappa shape index (κ1) is 18.4. The van der Waals surface area contributed by atoms with Crippen molar-refractivity contribution in [1.82, 2.24) is 5.32 Å². The molecular formula is C16H26BrNO3. The van der Waals surface area contributed by atoms with Crippen LogP contribution in [-0.4, -0.2) is 41.6 Å². The molecule has 2 unspecified atom stereocenters. The average Bonchev–Trinajstić information content (AvgIpc) is 2.44. The van der Waals surface area contributed by atoms with Crippen molar-refractivity contribution in [3.05, 3.63) is 28.2 Å². The monoisotopic (exact) mass is 359 g/mol. The summed E-state index contributed by atoms with van der Waals surface area (Å²) in [5.41, 5.74) is 0.999. The van der Waals surface area contributed by atoms with Gasteiger partial charge in [-0.05, 0) is 60.3 Å². The van der Waals surface area contributed by atoms with Crippen molar-refractivity contribution in [2.45, 2.75) is 45.3 Å². The summed E-state index contributed by atoms with van der Waals surface area (Å²) in [6.45, 7) is 6.93. The fourth-order valence-corrected chi connectivity index (χ4v) is 2.58. The van der Waals surface area contributed by atoms with Gasteiger partial charge in [0.15, 0.2) is 0 Å². The number of rotatable bonds is 9. The molecule has 0 radical (unpaired) electrons. The lowest BCUT2D eigenvalue weighted by molar-refractivity contribution is 0.0931. The summed E-state index contributed by atoms with van der Waals surface area (Å²) in [5, 5.41) is 22.4. The number of aliphatic hydroxyl groups is 2. The molecule has 0 saturated heterocycles. The van der Waals surface area contributed by atoms with Crippen LogP contribution in [0.4, 0.5) is 0 Å². The second-order valence-electron chi connectivity index (χ2n) is 5.67. The zero-order valence-corrected chi connectivity index (χ0v) is 14.6. The predicted molar refractivity (Wildman–Crippen MR) is 88.8 cm³/mol. The van der Waals surface area contributed by atoms with E-state index in [-0.39, 0.29) is 18.8 Å². The van der Waals surface area contributed by atoms with Crippen LogP contribution in [0.15, 0.2) is 22.7 Å². The minimum atomic E-state index is -0.595. The lowest BCUT2D eigenvalue weighted by Crippen LogP contribution is -2.47. The summed E-state index contributed by atoms with van der Waals surface area (Å²) in [4.78, 5) is 0. The van der Waals surface area contributed by atoms with Gasteiger partial charge in [0.2, 0.25) is 0 Å². The minimum Gasteiger partial charge on any atom is -0.490 e. The summed E-state index contributed by atoms with van der Waals surface area (Å²) in [6, 6.07) is 5.84. The molecule has 3 N–H and O–H groups in total. The topological polar surface area (TPSA) is 61.7 Å². The Morgan fingerprint density at radius 1 is 1.43 bits per heavy atom. The van der Waals surface area contributed by atoms with Crippen LogP contribution in [0.2, 0.25) is 0 Å². The molecule has 0 aliphatic carbocycles. The van der Waals surface area contributed by atoms with Crippen LogP contribution >= 0.6 is 15.9 Å². The molecule has 1 rings (SSSR count). The number of halogens is 1. The highest BCUT2D eigenvalue weighted by molar-refractivity contribution is 9.10. The van der Waals surface area contributed by atoms with Gasteiger partial charge in [0.25, 0.3) is 0 Å². The Labute approximate surface area is 135 Å². The van der Waals surface area contributed by atoms with Gasteiger partial charge in [0.1, 0.15) is 18.5 Å². The zero-order chi connectivity index (χ0) is 15.9. The number of benzene rings is 1. The molecule has 0 aliphatic rings. The maximum absolute atomic E-state index is 10.0. The summed E-state index contributed by atoms with van der Waals surface area (Å²) in [5.74, 6) is 0.730. The third-order valence-corrected chi connectivity index (χ3v) is 4.35. The summed E-state index contributed by atoms with van der Waals surface area (Å²) < 4.78 is 6.52. The number of nitrogens with one attached hydrogen (secondary N) is 1. The molecule has 0 amide bonds. The van der Waals surface area contributed by atoms with Gasteiger partial charge in [-0.2, -0.15) is 0 Å². The summed E-state index contributed by atoms with van der Waals surface area (Å²) >= 11 is 3.45. The highest BCUT2D eigenvalue weighted by atomic mass is 79.9. The van der Waals surface area contributed by atoms with Crippen LogP contribution in [0.5, 0.6) is 5.75 Å². The highest BCUT2D eigenvalue weighted by Crippen LogP contribution is 2.25. The highest BCUT2D eigenvalue weighted by Gasteiger charge is 2.21. The molecule has 2 atom stereocenters. The number of hydrogen-bond donors (Lipinski definition) is 3. The van der Waals surface area contributed by atoms with Gasteiger partial charge >= 0.3 is 0 Å². The molecule has 4 nitrogen and oxygen atoms in total. The van der Waals surface area contributed by atoms with Gasteiger partial charge in [0, 0.05) is 18.7 Å². The van der Waals surface area contributed by atoms with Crippen molar-refractivity contribution in [1.29, 1.82) is 0 Å². The van der Waals surface area contributed by atoms with E-state index in [0.717, 1.165) is 22.2 Å². The first-order valence-electron chi connectivity index (χ1n) is 7.33. The van der Waals surface area contributed by atoms with Crippen molar-refractivity contribution in [3.63, 3.8) is 0 Å². The van der Waals surface area contributed by atoms with Gasteiger partial charge in [-0.25, -0.2) is 0 Å². The quantitative estimate of drug-likeness (QED) is 0.634. The SMILES string of the molecule is CCC(C)(CCO)NCC(O)COc1ccc(C)cc1Br. The third-order valence-electron chi connectivity index (χ3n) is 3.73. The standard InChI is InChI=1S/C16H26BrNO3/c1-4-16(3,7-8-19)18-10-13(20)11-21-15-6-5-12(2)9-14(15)17/h5-6,9,13,18-20H,4,7-8,10-11H2,1-3H3. The Balaban J connectivity index is 2.42. The molecule has 0 aromatic heterocycles. The van der Waals surface area contributed by atoms with Crippen LogP contribution in [0.3, 0.4) is 0 Å². The Hall–Kier alpha value is -0.620. The molecule has 0 bridgehead atoms. The van der Waals surface area contributed by atoms with Crippen LogP contribution < -0.4 is 10.1 Å². The molecule has 0 spiro atoms. The molecule has 5 heteroatoms. The zero-order valence-electron chi connectivity index (χ0n) is 13.0. The van der Waals surface area contributed by atoms with Crippen LogP contribution in [0, 0.1) is 6.92 Å². The molecule has 1 aromatic carbocycles. The minimum absolute atomic E-state index is 0.139. The largest absolute Gasteiger partial charge is 0.490 e. The maximum atomic E-state index is 10.0. The summed E-state index contributed by atoms with van der Waals surface area (Å²) in [6.07, 6.45) is 0.966. The number of aliphatic hydroxyl groups excluding tert-OH is 2.